The van der Waals surface area contributed by atoms with E-state index in [-0.39, 0.29) is 11.9 Å². The van der Waals surface area contributed by atoms with Gasteiger partial charge in [0.25, 0.3) is 0 Å². The molecule has 0 unspecified atom stereocenters. The number of carbonyl (C=O) groups excluding carboxylic acids is 1. The van der Waals surface area contributed by atoms with E-state index < -0.39 is 5.60 Å². The van der Waals surface area contributed by atoms with Gasteiger partial charge in [-0.05, 0) is 52.5 Å². The smallest absolute Gasteiger partial charge is 0.308 e. The summed E-state index contributed by atoms with van der Waals surface area (Å²) in [7, 11) is 2.09. The molecule has 4 nitrogen and oxygen atoms in total. The first-order valence-corrected chi connectivity index (χ1v) is 7.13. The molecule has 0 amide bonds. The third-order valence-corrected chi connectivity index (χ3v) is 4.25. The molecule has 2 fully saturated rings. The van der Waals surface area contributed by atoms with E-state index in [1.165, 1.54) is 12.8 Å². The molecule has 0 aromatic rings. The lowest BCUT2D eigenvalue weighted by Crippen LogP contribution is -2.45. The predicted molar refractivity (Wildman–Crippen MR) is 69.2 cm³/mol. The topological polar surface area (TPSA) is 49.8 Å². The fourth-order valence-electron chi connectivity index (χ4n) is 2.92. The lowest BCUT2D eigenvalue weighted by atomic mass is 9.78. The van der Waals surface area contributed by atoms with Gasteiger partial charge in [0.1, 0.15) is 0 Å². The van der Waals surface area contributed by atoms with Gasteiger partial charge >= 0.3 is 5.97 Å². The summed E-state index contributed by atoms with van der Waals surface area (Å²) >= 11 is 0. The van der Waals surface area contributed by atoms with Crippen LogP contribution in [0, 0.1) is 5.92 Å². The zero-order valence-electron chi connectivity index (χ0n) is 11.5. The molecule has 2 rings (SSSR count). The lowest BCUT2D eigenvalue weighted by Gasteiger charge is -2.37. The Morgan fingerprint density at radius 2 is 1.94 bits per heavy atom. The summed E-state index contributed by atoms with van der Waals surface area (Å²) in [6.07, 6.45) is 5.47. The number of nitrogens with zero attached hydrogens (tertiary/aromatic N) is 1. The van der Waals surface area contributed by atoms with Crippen molar-refractivity contribution >= 4 is 5.97 Å². The van der Waals surface area contributed by atoms with Gasteiger partial charge in [0.05, 0.1) is 18.1 Å². The normalized spacial score (nSPS) is 32.6. The van der Waals surface area contributed by atoms with E-state index in [0.717, 1.165) is 19.4 Å². The maximum Gasteiger partial charge on any atom is 0.308 e. The van der Waals surface area contributed by atoms with E-state index in [4.69, 9.17) is 4.74 Å². The first-order valence-electron chi connectivity index (χ1n) is 7.13. The maximum absolute atomic E-state index is 11.6. The third-order valence-electron chi connectivity index (χ3n) is 4.25. The second kappa shape index (κ2) is 5.57. The summed E-state index contributed by atoms with van der Waals surface area (Å²) in [5.41, 5.74) is -0.597. The quantitative estimate of drug-likeness (QED) is 0.758. The SMILES string of the molecule is CCOC(=O)C1CCC(O)(CN(C)C2CC2)CC1. The van der Waals surface area contributed by atoms with Crippen molar-refractivity contribution in [3.05, 3.63) is 0 Å². The Morgan fingerprint density at radius 1 is 1.33 bits per heavy atom. The van der Waals surface area contributed by atoms with Crippen LogP contribution in [0.15, 0.2) is 0 Å². The van der Waals surface area contributed by atoms with Crippen molar-refractivity contribution in [2.24, 2.45) is 5.92 Å². The monoisotopic (exact) mass is 255 g/mol. The van der Waals surface area contributed by atoms with Crippen LogP contribution in [0.25, 0.3) is 0 Å². The van der Waals surface area contributed by atoms with Gasteiger partial charge in [-0.1, -0.05) is 0 Å². The molecule has 2 saturated carbocycles. The third kappa shape index (κ3) is 3.45. The minimum atomic E-state index is -0.597. The Balaban J connectivity index is 1.78. The summed E-state index contributed by atoms with van der Waals surface area (Å²) in [5.74, 6) is -0.0912. The number of aliphatic hydroxyl groups is 1. The average molecular weight is 255 g/mol. The Bertz CT molecular complexity index is 293. The molecule has 0 heterocycles. The standard InChI is InChI=1S/C14H25NO3/c1-3-18-13(16)11-6-8-14(17,9-7-11)10-15(2)12-4-5-12/h11-12,17H,3-10H2,1-2H3. The van der Waals surface area contributed by atoms with Crippen LogP contribution in [0.4, 0.5) is 0 Å². The molecule has 2 aliphatic carbocycles. The molecule has 0 atom stereocenters. The Labute approximate surface area is 109 Å². The summed E-state index contributed by atoms with van der Waals surface area (Å²) in [6, 6.07) is 0.678. The maximum atomic E-state index is 11.6. The van der Waals surface area contributed by atoms with Gasteiger partial charge in [-0.25, -0.2) is 0 Å². The first kappa shape index (κ1) is 13.8. The highest BCUT2D eigenvalue weighted by molar-refractivity contribution is 5.72. The minimum absolute atomic E-state index is 0.00328. The second-order valence-electron chi connectivity index (χ2n) is 5.90. The van der Waals surface area contributed by atoms with Crippen molar-refractivity contribution in [3.8, 4) is 0 Å². The molecule has 104 valence electrons. The number of esters is 1. The molecule has 0 aliphatic heterocycles. The van der Waals surface area contributed by atoms with Crippen molar-refractivity contribution < 1.29 is 14.6 Å². The van der Waals surface area contributed by atoms with E-state index in [1.54, 1.807) is 0 Å². The van der Waals surface area contributed by atoms with Gasteiger partial charge in [0, 0.05) is 12.6 Å². The van der Waals surface area contributed by atoms with Crippen LogP contribution in [0.2, 0.25) is 0 Å². The van der Waals surface area contributed by atoms with E-state index in [1.807, 2.05) is 6.92 Å². The highest BCUT2D eigenvalue weighted by atomic mass is 16.5. The fourth-order valence-corrected chi connectivity index (χ4v) is 2.92. The van der Waals surface area contributed by atoms with Gasteiger partial charge in [-0.3, -0.25) is 4.79 Å². The molecule has 4 heteroatoms. The molecule has 0 bridgehead atoms. The first-order chi connectivity index (χ1) is 8.54. The molecule has 0 spiro atoms. The van der Waals surface area contributed by atoms with Crippen molar-refractivity contribution in [1.29, 1.82) is 0 Å². The summed E-state index contributed by atoms with van der Waals surface area (Å²) in [4.78, 5) is 13.9. The number of rotatable bonds is 5. The van der Waals surface area contributed by atoms with E-state index >= 15 is 0 Å². The predicted octanol–water partition coefficient (Wildman–Crippen LogP) is 1.56. The number of ether oxygens (including phenoxy) is 1. The van der Waals surface area contributed by atoms with Crippen LogP contribution in [-0.4, -0.2) is 47.8 Å². The molecule has 0 aromatic heterocycles. The number of likely N-dealkylation sites (N-methyl/N-ethyl adjacent to an activating group) is 1. The fraction of sp³-hybridized carbons (Fsp3) is 0.929. The van der Waals surface area contributed by atoms with E-state index in [2.05, 4.69) is 11.9 Å². The summed E-state index contributed by atoms with van der Waals surface area (Å²) < 4.78 is 5.05. The number of hydrogen-bond donors (Lipinski definition) is 1. The highest BCUT2D eigenvalue weighted by Gasteiger charge is 2.39. The number of carbonyl (C=O) groups is 1. The van der Waals surface area contributed by atoms with Gasteiger partial charge in [-0.15, -0.1) is 0 Å². The second-order valence-corrected chi connectivity index (χ2v) is 5.90. The Hall–Kier alpha value is -0.610. The summed E-state index contributed by atoms with van der Waals surface area (Å²) in [5, 5.41) is 10.6. The molecule has 18 heavy (non-hydrogen) atoms. The van der Waals surface area contributed by atoms with Crippen LogP contribution in [-0.2, 0) is 9.53 Å². The lowest BCUT2D eigenvalue weighted by molar-refractivity contribution is -0.151. The van der Waals surface area contributed by atoms with Crippen molar-refractivity contribution in [2.75, 3.05) is 20.2 Å². The van der Waals surface area contributed by atoms with Crippen LogP contribution in [0.5, 0.6) is 0 Å². The molecule has 0 radical (unpaired) electrons. The molecule has 2 aliphatic rings. The van der Waals surface area contributed by atoms with Gasteiger partial charge in [-0.2, -0.15) is 0 Å². The van der Waals surface area contributed by atoms with Gasteiger partial charge in [0.15, 0.2) is 0 Å². The van der Waals surface area contributed by atoms with Crippen LogP contribution < -0.4 is 0 Å². The molecular formula is C14H25NO3. The van der Waals surface area contributed by atoms with Crippen LogP contribution >= 0.6 is 0 Å². The Morgan fingerprint density at radius 3 is 2.44 bits per heavy atom. The van der Waals surface area contributed by atoms with Gasteiger partial charge < -0.3 is 14.7 Å². The summed E-state index contributed by atoms with van der Waals surface area (Å²) in [6.45, 7) is 3.03. The van der Waals surface area contributed by atoms with E-state index in [9.17, 15) is 9.90 Å². The molecule has 0 aromatic carbocycles. The zero-order valence-corrected chi connectivity index (χ0v) is 11.5. The number of hydrogen-bond acceptors (Lipinski definition) is 4. The largest absolute Gasteiger partial charge is 0.466 e. The Kier molecular flexibility index (Phi) is 4.28. The van der Waals surface area contributed by atoms with Crippen molar-refractivity contribution in [2.45, 2.75) is 57.1 Å². The highest BCUT2D eigenvalue weighted by Crippen LogP contribution is 2.35. The van der Waals surface area contributed by atoms with E-state index in [0.29, 0.717) is 25.5 Å². The molecular weight excluding hydrogens is 230 g/mol. The van der Waals surface area contributed by atoms with Crippen LogP contribution in [0.3, 0.4) is 0 Å². The molecule has 1 N–H and O–H groups in total. The van der Waals surface area contributed by atoms with Crippen molar-refractivity contribution in [3.63, 3.8) is 0 Å². The van der Waals surface area contributed by atoms with Crippen molar-refractivity contribution in [1.82, 2.24) is 4.90 Å². The average Bonchev–Trinajstić information content (AvgIpc) is 3.13. The minimum Gasteiger partial charge on any atom is -0.466 e. The van der Waals surface area contributed by atoms with Crippen LogP contribution in [0.1, 0.15) is 45.4 Å². The van der Waals surface area contributed by atoms with Gasteiger partial charge in [0.2, 0.25) is 0 Å². The molecule has 0 saturated heterocycles. The zero-order chi connectivity index (χ0) is 13.2.